The molecule has 7 heteroatoms. The summed E-state index contributed by atoms with van der Waals surface area (Å²) in [7, 11) is 0. The Morgan fingerprint density at radius 3 is 2.24 bits per heavy atom. The molecular formula is C22H14BrNO5. The van der Waals surface area contributed by atoms with Crippen molar-refractivity contribution in [3.05, 3.63) is 110 Å². The zero-order valence-electron chi connectivity index (χ0n) is 14.9. The Labute approximate surface area is 174 Å². The number of hydrogen-bond acceptors (Lipinski definition) is 5. The van der Waals surface area contributed by atoms with Gasteiger partial charge in [0, 0.05) is 22.2 Å². The molecule has 3 aromatic carbocycles. The number of non-ortho nitro benzene ring substituents is 1. The van der Waals surface area contributed by atoms with E-state index >= 15 is 0 Å². The summed E-state index contributed by atoms with van der Waals surface area (Å²) < 4.78 is 6.15. The molecule has 0 aromatic heterocycles. The fourth-order valence-corrected chi connectivity index (χ4v) is 2.71. The fourth-order valence-electron chi connectivity index (χ4n) is 2.45. The van der Waals surface area contributed by atoms with Crippen molar-refractivity contribution in [2.75, 3.05) is 0 Å². The number of nitro groups is 1. The number of halogens is 1. The fraction of sp³-hybridized carbons (Fsp3) is 0. The Kier molecular flexibility index (Phi) is 6.31. The standard InChI is InChI=1S/C22H14BrNO5/c23-18-9-5-17(6-10-18)22(26)29-20-11-7-16(8-12-20)21(25)13-4-15-2-1-3-19(14-15)24(27)28/h1-14H. The van der Waals surface area contributed by atoms with Crippen molar-refractivity contribution in [1.29, 1.82) is 0 Å². The Hall–Kier alpha value is -3.58. The highest BCUT2D eigenvalue weighted by molar-refractivity contribution is 9.10. The second-order valence-corrected chi connectivity index (χ2v) is 6.89. The molecule has 3 rings (SSSR count). The lowest BCUT2D eigenvalue weighted by atomic mass is 10.1. The average Bonchev–Trinajstić information content (AvgIpc) is 2.73. The number of carbonyl (C=O) groups excluding carboxylic acids is 2. The minimum absolute atomic E-state index is 0.0449. The van der Waals surface area contributed by atoms with Crippen LogP contribution in [0.1, 0.15) is 26.3 Å². The van der Waals surface area contributed by atoms with E-state index in [1.54, 1.807) is 48.5 Å². The average molecular weight is 452 g/mol. The summed E-state index contributed by atoms with van der Waals surface area (Å²) in [4.78, 5) is 34.7. The number of benzene rings is 3. The molecule has 144 valence electrons. The summed E-state index contributed by atoms with van der Waals surface area (Å²) in [6, 6.07) is 18.9. The van der Waals surface area contributed by atoms with Crippen LogP contribution in [0.4, 0.5) is 5.69 Å². The van der Waals surface area contributed by atoms with Crippen LogP contribution in [0, 0.1) is 10.1 Å². The summed E-state index contributed by atoms with van der Waals surface area (Å²) in [6.45, 7) is 0. The predicted molar refractivity (Wildman–Crippen MR) is 112 cm³/mol. The van der Waals surface area contributed by atoms with Gasteiger partial charge in [-0.1, -0.05) is 34.1 Å². The Balaban J connectivity index is 1.65. The lowest BCUT2D eigenvalue weighted by Crippen LogP contribution is -2.08. The van der Waals surface area contributed by atoms with E-state index in [9.17, 15) is 19.7 Å². The van der Waals surface area contributed by atoms with E-state index in [-0.39, 0.29) is 11.5 Å². The molecule has 0 aliphatic carbocycles. The summed E-state index contributed by atoms with van der Waals surface area (Å²) >= 11 is 3.30. The number of carbonyl (C=O) groups is 2. The maximum atomic E-state index is 12.3. The maximum Gasteiger partial charge on any atom is 0.343 e. The molecule has 0 aliphatic rings. The van der Waals surface area contributed by atoms with E-state index in [0.29, 0.717) is 22.4 Å². The van der Waals surface area contributed by atoms with E-state index in [4.69, 9.17) is 4.74 Å². The monoisotopic (exact) mass is 451 g/mol. The molecule has 29 heavy (non-hydrogen) atoms. The molecule has 0 heterocycles. The normalized spacial score (nSPS) is 10.7. The van der Waals surface area contributed by atoms with Crippen molar-refractivity contribution >= 4 is 39.4 Å². The number of nitro benzene ring substituents is 1. The van der Waals surface area contributed by atoms with Crippen molar-refractivity contribution in [3.63, 3.8) is 0 Å². The van der Waals surface area contributed by atoms with Gasteiger partial charge in [0.15, 0.2) is 5.78 Å². The van der Waals surface area contributed by atoms with Crippen molar-refractivity contribution in [3.8, 4) is 5.75 Å². The summed E-state index contributed by atoms with van der Waals surface area (Å²) in [5.74, 6) is -0.457. The second kappa shape index (κ2) is 9.07. The van der Waals surface area contributed by atoms with E-state index in [0.717, 1.165) is 4.47 Å². The third kappa shape index (κ3) is 5.46. The first-order chi connectivity index (χ1) is 13.9. The Bertz CT molecular complexity index is 1090. The van der Waals surface area contributed by atoms with Crippen LogP contribution in [0.15, 0.2) is 83.3 Å². The first kappa shape index (κ1) is 20.2. The van der Waals surface area contributed by atoms with Crippen molar-refractivity contribution in [2.24, 2.45) is 0 Å². The van der Waals surface area contributed by atoms with Gasteiger partial charge in [0.05, 0.1) is 10.5 Å². The van der Waals surface area contributed by atoms with Gasteiger partial charge in [-0.2, -0.15) is 0 Å². The van der Waals surface area contributed by atoms with Gasteiger partial charge in [0.25, 0.3) is 5.69 Å². The number of nitrogens with zero attached hydrogens (tertiary/aromatic N) is 1. The molecule has 0 atom stereocenters. The second-order valence-electron chi connectivity index (χ2n) is 5.97. The molecule has 0 radical (unpaired) electrons. The van der Waals surface area contributed by atoms with Crippen LogP contribution >= 0.6 is 15.9 Å². The third-order valence-electron chi connectivity index (χ3n) is 3.94. The zero-order valence-corrected chi connectivity index (χ0v) is 16.5. The number of rotatable bonds is 6. The minimum atomic E-state index is -0.498. The minimum Gasteiger partial charge on any atom is -0.423 e. The zero-order chi connectivity index (χ0) is 20.8. The van der Waals surface area contributed by atoms with Crippen LogP contribution in [-0.4, -0.2) is 16.7 Å². The molecule has 0 aliphatic heterocycles. The van der Waals surface area contributed by atoms with Gasteiger partial charge >= 0.3 is 5.97 Å². The molecule has 0 spiro atoms. The summed E-state index contributed by atoms with van der Waals surface area (Å²) in [5.41, 5.74) is 1.31. The smallest absolute Gasteiger partial charge is 0.343 e. The lowest BCUT2D eigenvalue weighted by molar-refractivity contribution is -0.384. The van der Waals surface area contributed by atoms with Gasteiger partial charge in [0.1, 0.15) is 5.75 Å². The van der Waals surface area contributed by atoms with Gasteiger partial charge in [0.2, 0.25) is 0 Å². The number of ketones is 1. The maximum absolute atomic E-state index is 12.3. The predicted octanol–water partition coefficient (Wildman–Crippen LogP) is 5.47. The number of hydrogen-bond donors (Lipinski definition) is 0. The molecular weight excluding hydrogens is 438 g/mol. The SMILES string of the molecule is O=C(C=Cc1cccc([N+](=O)[O-])c1)c1ccc(OC(=O)c2ccc(Br)cc2)cc1. The van der Waals surface area contributed by atoms with Gasteiger partial charge in [-0.3, -0.25) is 14.9 Å². The van der Waals surface area contributed by atoms with E-state index in [1.807, 2.05) is 0 Å². The van der Waals surface area contributed by atoms with E-state index in [1.165, 1.54) is 36.4 Å². The van der Waals surface area contributed by atoms with Gasteiger partial charge in [-0.15, -0.1) is 0 Å². The summed E-state index contributed by atoms with van der Waals surface area (Å²) in [5, 5.41) is 10.8. The van der Waals surface area contributed by atoms with E-state index in [2.05, 4.69) is 15.9 Å². The number of allylic oxidation sites excluding steroid dienone is 1. The van der Waals surface area contributed by atoms with Crippen molar-refractivity contribution < 1.29 is 19.2 Å². The van der Waals surface area contributed by atoms with Crippen LogP contribution in [-0.2, 0) is 0 Å². The van der Waals surface area contributed by atoms with Crippen LogP contribution in [0.25, 0.3) is 6.08 Å². The highest BCUT2D eigenvalue weighted by atomic mass is 79.9. The van der Waals surface area contributed by atoms with Gasteiger partial charge in [-0.05, 0) is 60.2 Å². The highest BCUT2D eigenvalue weighted by Crippen LogP contribution is 2.18. The van der Waals surface area contributed by atoms with Crippen LogP contribution in [0.5, 0.6) is 5.75 Å². The molecule has 0 amide bonds. The molecule has 3 aromatic rings. The molecule has 6 nitrogen and oxygen atoms in total. The first-order valence-electron chi connectivity index (χ1n) is 8.47. The third-order valence-corrected chi connectivity index (χ3v) is 4.47. The first-order valence-corrected chi connectivity index (χ1v) is 9.26. The molecule has 0 N–H and O–H groups in total. The largest absolute Gasteiger partial charge is 0.423 e. The van der Waals surface area contributed by atoms with Crippen LogP contribution < -0.4 is 4.74 Å². The van der Waals surface area contributed by atoms with Gasteiger partial charge < -0.3 is 4.74 Å². The quantitative estimate of drug-likeness (QED) is 0.124. The van der Waals surface area contributed by atoms with Crippen LogP contribution in [0.2, 0.25) is 0 Å². The molecule has 0 saturated carbocycles. The van der Waals surface area contributed by atoms with Crippen molar-refractivity contribution in [2.45, 2.75) is 0 Å². The molecule has 0 saturated heterocycles. The number of esters is 1. The van der Waals surface area contributed by atoms with Crippen molar-refractivity contribution in [1.82, 2.24) is 0 Å². The Morgan fingerprint density at radius 1 is 0.931 bits per heavy atom. The topological polar surface area (TPSA) is 86.5 Å². The highest BCUT2D eigenvalue weighted by Gasteiger charge is 2.09. The molecule has 0 fully saturated rings. The lowest BCUT2D eigenvalue weighted by Gasteiger charge is -2.05. The van der Waals surface area contributed by atoms with E-state index < -0.39 is 10.9 Å². The molecule has 0 bridgehead atoms. The van der Waals surface area contributed by atoms with Crippen LogP contribution in [0.3, 0.4) is 0 Å². The number of ether oxygens (including phenoxy) is 1. The van der Waals surface area contributed by atoms with Gasteiger partial charge in [-0.25, -0.2) is 4.79 Å². The molecule has 0 unspecified atom stereocenters. The summed E-state index contributed by atoms with van der Waals surface area (Å²) in [6.07, 6.45) is 2.85. The Morgan fingerprint density at radius 2 is 1.59 bits per heavy atom.